The number of imide groups is 1. The van der Waals surface area contributed by atoms with Crippen molar-refractivity contribution in [1.29, 1.82) is 0 Å². The number of nitrogens with zero attached hydrogens (tertiary/aromatic N) is 6. The molecule has 11 heteroatoms. The second-order valence-electron chi connectivity index (χ2n) is 9.64. The molecule has 192 valence electrons. The van der Waals surface area contributed by atoms with Crippen LogP contribution in [0.25, 0.3) is 17.0 Å². The predicted molar refractivity (Wildman–Crippen MR) is 132 cm³/mol. The quantitative estimate of drug-likeness (QED) is 0.451. The molecule has 4 heterocycles. The van der Waals surface area contributed by atoms with E-state index in [0.717, 1.165) is 25.1 Å². The highest BCUT2D eigenvalue weighted by Gasteiger charge is 2.52. The van der Waals surface area contributed by atoms with Crippen LogP contribution in [0.5, 0.6) is 0 Å². The average Bonchev–Trinajstić information content (AvgIpc) is 3.44. The first-order valence-electron chi connectivity index (χ1n) is 11.9. The first-order chi connectivity index (χ1) is 17.6. The van der Waals surface area contributed by atoms with Gasteiger partial charge < -0.3 is 9.32 Å². The summed E-state index contributed by atoms with van der Waals surface area (Å²) in [6, 6.07) is 10.4. The van der Waals surface area contributed by atoms with Crippen molar-refractivity contribution in [2.45, 2.75) is 38.8 Å². The van der Waals surface area contributed by atoms with Crippen molar-refractivity contribution in [2.24, 2.45) is 0 Å². The Labute approximate surface area is 212 Å². The van der Waals surface area contributed by atoms with Crippen LogP contribution in [0.1, 0.15) is 43.8 Å². The van der Waals surface area contributed by atoms with Gasteiger partial charge in [0.2, 0.25) is 5.89 Å². The van der Waals surface area contributed by atoms with Crippen LogP contribution in [0.3, 0.4) is 0 Å². The fourth-order valence-electron chi connectivity index (χ4n) is 4.57. The Hall–Kier alpha value is -3.99. The molecule has 1 saturated heterocycles. The molecule has 2 aliphatic rings. The van der Waals surface area contributed by atoms with E-state index in [1.54, 1.807) is 26.0 Å². The van der Waals surface area contributed by atoms with Gasteiger partial charge in [0.1, 0.15) is 5.54 Å². The van der Waals surface area contributed by atoms with Crippen LogP contribution in [-0.4, -0.2) is 62.6 Å². The number of carbonyl (C=O) groups excluding carboxylic acids is 2. The molecule has 1 fully saturated rings. The number of anilines is 1. The van der Waals surface area contributed by atoms with Crippen LogP contribution < -0.4 is 4.90 Å². The molecule has 3 amide bonds. The van der Waals surface area contributed by atoms with Gasteiger partial charge in [0.25, 0.3) is 11.8 Å². The first kappa shape index (κ1) is 24.7. The predicted octanol–water partition coefficient (Wildman–Crippen LogP) is 4.54. The first-order valence-corrected chi connectivity index (χ1v) is 11.9. The monoisotopic (exact) mass is 508 g/mol. The van der Waals surface area contributed by atoms with E-state index in [4.69, 9.17) is 4.42 Å². The van der Waals surface area contributed by atoms with Crippen LogP contribution >= 0.6 is 0 Å². The molecule has 0 atom stereocenters. The van der Waals surface area contributed by atoms with Crippen molar-refractivity contribution in [3.8, 4) is 11.5 Å². The second-order valence-corrected chi connectivity index (χ2v) is 9.64. The molecule has 2 aliphatic heterocycles. The lowest BCUT2D eigenvalue weighted by molar-refractivity contribution is -0.130. The van der Waals surface area contributed by atoms with Gasteiger partial charge in [-0.1, -0.05) is 18.2 Å². The van der Waals surface area contributed by atoms with Crippen molar-refractivity contribution in [3.05, 3.63) is 65.8 Å². The third-order valence-electron chi connectivity index (χ3n) is 6.66. The maximum atomic E-state index is 13.5. The van der Waals surface area contributed by atoms with Gasteiger partial charge in [0, 0.05) is 25.0 Å². The minimum absolute atomic E-state index is 0.0405. The Bertz CT molecular complexity index is 1370. The van der Waals surface area contributed by atoms with Crippen molar-refractivity contribution in [3.63, 3.8) is 0 Å². The van der Waals surface area contributed by atoms with Gasteiger partial charge in [0.05, 0.1) is 17.8 Å². The number of hydrogen-bond donors (Lipinski definition) is 0. The Balaban J connectivity index is 1.36. The third kappa shape index (κ3) is 4.62. The molecule has 3 aromatic rings. The van der Waals surface area contributed by atoms with Crippen molar-refractivity contribution in [1.82, 2.24) is 25.0 Å². The fourth-order valence-corrected chi connectivity index (χ4v) is 4.57. The zero-order chi connectivity index (χ0) is 26.3. The Morgan fingerprint density at radius 3 is 2.57 bits per heavy atom. The van der Waals surface area contributed by atoms with Gasteiger partial charge in [-0.05, 0) is 62.7 Å². The number of halogens is 2. The van der Waals surface area contributed by atoms with E-state index in [1.165, 1.54) is 21.6 Å². The van der Waals surface area contributed by atoms with Crippen LogP contribution in [0.15, 0.2) is 53.1 Å². The molecule has 1 aromatic carbocycles. The lowest BCUT2D eigenvalue weighted by atomic mass is 9.97. The van der Waals surface area contributed by atoms with Gasteiger partial charge in [-0.3, -0.25) is 19.6 Å². The Morgan fingerprint density at radius 1 is 1.11 bits per heavy atom. The fraction of sp³-hybridized carbons (Fsp3) is 0.346. The highest BCUT2D eigenvalue weighted by molar-refractivity contribution is 6.16. The molecule has 9 nitrogen and oxygen atoms in total. The lowest BCUT2D eigenvalue weighted by Crippen LogP contribution is -2.44. The normalized spacial score (nSPS) is 18.2. The molecule has 0 aliphatic carbocycles. The Kier molecular flexibility index (Phi) is 6.32. The topological polar surface area (TPSA) is 95.7 Å². The van der Waals surface area contributed by atoms with Gasteiger partial charge in [0.15, 0.2) is 0 Å². The summed E-state index contributed by atoms with van der Waals surface area (Å²) >= 11 is 0. The summed E-state index contributed by atoms with van der Waals surface area (Å²) in [5.41, 5.74) is 2.61. The number of alkyl halides is 2. The lowest BCUT2D eigenvalue weighted by Gasteiger charge is -2.28. The number of rotatable bonds is 6. The summed E-state index contributed by atoms with van der Waals surface area (Å²) in [5.74, 6) is -1.20. The second kappa shape index (κ2) is 9.47. The van der Waals surface area contributed by atoms with E-state index in [1.807, 2.05) is 24.3 Å². The van der Waals surface area contributed by atoms with Crippen LogP contribution in [0.4, 0.5) is 19.3 Å². The average molecular weight is 509 g/mol. The molecule has 0 spiro atoms. The van der Waals surface area contributed by atoms with E-state index in [0.29, 0.717) is 16.9 Å². The number of hydrogen-bond acceptors (Lipinski definition) is 7. The molecule has 0 unspecified atom stereocenters. The molecule has 37 heavy (non-hydrogen) atoms. The molecular weight excluding hydrogens is 482 g/mol. The number of benzene rings is 1. The van der Waals surface area contributed by atoms with Crippen molar-refractivity contribution < 1.29 is 22.8 Å². The van der Waals surface area contributed by atoms with Crippen molar-refractivity contribution in [2.75, 3.05) is 25.0 Å². The summed E-state index contributed by atoms with van der Waals surface area (Å²) in [6.07, 6.45) is 1.62. The van der Waals surface area contributed by atoms with E-state index in [9.17, 15) is 18.4 Å². The molecule has 0 N–H and O–H groups in total. The Morgan fingerprint density at radius 2 is 1.92 bits per heavy atom. The van der Waals surface area contributed by atoms with Crippen LogP contribution in [0.2, 0.25) is 0 Å². The summed E-state index contributed by atoms with van der Waals surface area (Å²) in [5, 5.41) is 6.91. The highest BCUT2D eigenvalue weighted by atomic mass is 19.3. The maximum Gasteiger partial charge on any atom is 0.332 e. The zero-order valence-electron chi connectivity index (χ0n) is 20.7. The minimum Gasteiger partial charge on any atom is -0.415 e. The van der Waals surface area contributed by atoms with Crippen molar-refractivity contribution >= 4 is 23.2 Å². The molecule has 0 radical (unpaired) electrons. The molecule has 0 saturated carbocycles. The van der Waals surface area contributed by atoms with E-state index in [-0.39, 0.29) is 18.3 Å². The summed E-state index contributed by atoms with van der Waals surface area (Å²) in [4.78, 5) is 36.0. The SMILES string of the molecule is CN1CC=C(c2cccc(N3C(=O)N(Cc4ccc(-c5nnc(C(F)F)o5)cn4)C(=O)C3(C)C)c2)CC1. The standard InChI is InChI=1S/C26H26F2N6O3/c1-26(2)24(35)33(15-19-8-7-18(14-29-19)22-30-31-23(37-22)21(27)28)25(36)34(26)20-6-4-5-17(13-20)16-9-11-32(3)12-10-16/h4-9,13-14,21H,10-12,15H2,1-3H3. The van der Waals surface area contributed by atoms with E-state index < -0.39 is 23.9 Å². The van der Waals surface area contributed by atoms with E-state index in [2.05, 4.69) is 33.2 Å². The largest absolute Gasteiger partial charge is 0.415 e. The minimum atomic E-state index is -2.87. The summed E-state index contributed by atoms with van der Waals surface area (Å²) in [6.45, 7) is 5.23. The van der Waals surface area contributed by atoms with Gasteiger partial charge in [-0.15, -0.1) is 10.2 Å². The molecular formula is C26H26F2N6O3. The van der Waals surface area contributed by atoms with Crippen LogP contribution in [-0.2, 0) is 11.3 Å². The van der Waals surface area contributed by atoms with Crippen LogP contribution in [0, 0.1) is 0 Å². The molecule has 0 bridgehead atoms. The number of urea groups is 1. The molecule has 5 rings (SSSR count). The maximum absolute atomic E-state index is 13.5. The molecule has 2 aromatic heterocycles. The highest BCUT2D eigenvalue weighted by Crippen LogP contribution is 2.36. The number of carbonyl (C=O) groups is 2. The zero-order valence-corrected chi connectivity index (χ0v) is 20.7. The summed E-state index contributed by atoms with van der Waals surface area (Å²) < 4.78 is 30.4. The number of aromatic nitrogens is 3. The smallest absolute Gasteiger partial charge is 0.332 e. The van der Waals surface area contributed by atoms with Gasteiger partial charge >= 0.3 is 12.5 Å². The summed E-state index contributed by atoms with van der Waals surface area (Å²) in [7, 11) is 2.08. The number of pyridine rings is 1. The van der Waals surface area contributed by atoms with Gasteiger partial charge in [-0.25, -0.2) is 4.79 Å². The number of amides is 3. The van der Waals surface area contributed by atoms with Gasteiger partial charge in [-0.2, -0.15) is 8.78 Å². The number of likely N-dealkylation sites (N-methyl/N-ethyl adjacent to an activating group) is 1. The third-order valence-corrected chi connectivity index (χ3v) is 6.66. The van der Waals surface area contributed by atoms with E-state index >= 15 is 0 Å².